The first-order valence-corrected chi connectivity index (χ1v) is 12.1. The molecule has 12 heteroatoms. The highest BCUT2D eigenvalue weighted by molar-refractivity contribution is 6.27. The minimum atomic E-state index is -4.34. The average molecular weight is 535 g/mol. The molecule has 2 aromatic carbocycles. The minimum Gasteiger partial charge on any atom is -0.473 e. The van der Waals surface area contributed by atoms with E-state index in [-0.39, 0.29) is 5.91 Å². The molecule has 2 aromatic rings. The summed E-state index contributed by atoms with van der Waals surface area (Å²) in [6.45, 7) is 3.95. The predicted molar refractivity (Wildman–Crippen MR) is 134 cm³/mol. The summed E-state index contributed by atoms with van der Waals surface area (Å²) in [5.74, 6) is -3.61. The van der Waals surface area contributed by atoms with Gasteiger partial charge in [-0.05, 0) is 36.6 Å². The Morgan fingerprint density at radius 1 is 0.868 bits per heavy atom. The maximum Gasteiger partial charge on any atom is 0.416 e. The number of anilines is 1. The average Bonchev–Trinajstić information content (AvgIpc) is 3.09. The highest BCUT2D eigenvalue weighted by Crippen LogP contribution is 2.31. The topological polar surface area (TPSA) is 114 Å². The first-order chi connectivity index (χ1) is 18.0. The van der Waals surface area contributed by atoms with Crippen molar-refractivity contribution >= 4 is 29.2 Å². The van der Waals surface area contributed by atoms with Crippen LogP contribution in [0, 0.1) is 0 Å². The molecular weight excluding hydrogens is 505 g/mol. The second-order valence-electron chi connectivity index (χ2n) is 8.77. The van der Waals surface area contributed by atoms with Crippen LogP contribution in [0.25, 0.3) is 0 Å². The predicted octanol–water partition coefficient (Wildman–Crippen LogP) is 3.40. The maximum absolute atomic E-state index is 13.0. The van der Waals surface area contributed by atoms with Gasteiger partial charge in [0.25, 0.3) is 0 Å². The molecule has 0 aliphatic carbocycles. The van der Waals surface area contributed by atoms with Gasteiger partial charge in [-0.3, -0.25) is 9.69 Å². The third-order valence-corrected chi connectivity index (χ3v) is 6.16. The Morgan fingerprint density at radius 3 is 2.13 bits per heavy atom. The molecule has 2 N–H and O–H groups in total. The van der Waals surface area contributed by atoms with Crippen molar-refractivity contribution < 1.29 is 37.8 Å². The second kappa shape index (κ2) is 13.0. The van der Waals surface area contributed by atoms with Crippen LogP contribution in [0.15, 0.2) is 59.7 Å². The summed E-state index contributed by atoms with van der Waals surface area (Å²) in [6, 6.07) is 15.4. The Kier molecular flexibility index (Phi) is 9.83. The number of piperazine rings is 1. The normalized spacial score (nSPS) is 16.7. The van der Waals surface area contributed by atoms with E-state index in [1.165, 1.54) is 12.1 Å². The van der Waals surface area contributed by atoms with Gasteiger partial charge in [-0.1, -0.05) is 36.4 Å². The summed E-state index contributed by atoms with van der Waals surface area (Å²) < 4.78 is 39.0. The van der Waals surface area contributed by atoms with Crippen LogP contribution in [-0.4, -0.2) is 82.9 Å². The summed E-state index contributed by atoms with van der Waals surface area (Å²) in [5, 5.41) is 21.0. The lowest BCUT2D eigenvalue weighted by atomic mass is 10.1. The first-order valence-electron chi connectivity index (χ1n) is 12.1. The molecular formula is C26H29F3N4O5. The maximum atomic E-state index is 13.0. The summed E-state index contributed by atoms with van der Waals surface area (Å²) in [7, 11) is 0. The van der Waals surface area contributed by atoms with Gasteiger partial charge in [-0.15, -0.1) is 0 Å². The molecule has 38 heavy (non-hydrogen) atoms. The molecule has 0 atom stereocenters. The molecule has 0 aromatic heterocycles. The molecule has 1 amide bonds. The summed E-state index contributed by atoms with van der Waals surface area (Å²) >= 11 is 0. The summed E-state index contributed by atoms with van der Waals surface area (Å²) in [4.78, 5) is 34.9. The molecule has 4 rings (SSSR count). The lowest BCUT2D eigenvalue weighted by molar-refractivity contribution is -0.159. The van der Waals surface area contributed by atoms with Gasteiger partial charge in [-0.25, -0.2) is 14.6 Å². The number of hydrogen-bond donors (Lipinski definition) is 2. The van der Waals surface area contributed by atoms with Crippen LogP contribution in [0.1, 0.15) is 30.4 Å². The van der Waals surface area contributed by atoms with Gasteiger partial charge in [0.05, 0.1) is 17.8 Å². The Labute approximate surface area is 217 Å². The van der Waals surface area contributed by atoms with Crippen molar-refractivity contribution in [3.8, 4) is 0 Å². The zero-order valence-electron chi connectivity index (χ0n) is 20.6. The number of rotatable bonds is 5. The van der Waals surface area contributed by atoms with Crippen LogP contribution < -0.4 is 4.90 Å². The molecule has 204 valence electrons. The SMILES string of the molecule is O=C(O)C(=O)O.O=C1CCCC(c2ccccc2)=NN1CCN1CCN(c2cccc(C(F)(F)F)c2)CC1. The lowest BCUT2D eigenvalue weighted by Crippen LogP contribution is -2.48. The van der Waals surface area contributed by atoms with Gasteiger partial charge in [0.1, 0.15) is 0 Å². The molecule has 0 saturated carbocycles. The standard InChI is InChI=1S/C24H27F3N4O.C2H2O4/c25-24(26,27)20-8-4-9-21(18-20)30-15-12-29(13-16-30)14-17-31-23(32)11-5-10-22(28-31)19-6-2-1-3-7-19;3-1(4)2(5)6/h1-4,6-9,18H,5,10-17H2;(H,3,4)(H,5,6). The molecule has 0 spiro atoms. The third kappa shape index (κ3) is 8.30. The van der Waals surface area contributed by atoms with Crippen LogP contribution in [0.2, 0.25) is 0 Å². The quantitative estimate of drug-likeness (QED) is 0.566. The van der Waals surface area contributed by atoms with Crippen molar-refractivity contribution in [2.45, 2.75) is 25.4 Å². The number of aliphatic carboxylic acids is 2. The molecule has 0 unspecified atom stereocenters. The number of benzene rings is 2. The van der Waals surface area contributed by atoms with E-state index in [9.17, 15) is 18.0 Å². The van der Waals surface area contributed by atoms with E-state index >= 15 is 0 Å². The van der Waals surface area contributed by atoms with Crippen LogP contribution in [0.4, 0.5) is 18.9 Å². The molecule has 9 nitrogen and oxygen atoms in total. The van der Waals surface area contributed by atoms with Crippen LogP contribution in [0.3, 0.4) is 0 Å². The fourth-order valence-corrected chi connectivity index (χ4v) is 4.14. The number of nitrogens with zero attached hydrogens (tertiary/aromatic N) is 4. The van der Waals surface area contributed by atoms with Gasteiger partial charge in [-0.2, -0.15) is 18.3 Å². The molecule has 2 aliphatic rings. The first kappa shape index (κ1) is 28.6. The Morgan fingerprint density at radius 2 is 1.53 bits per heavy atom. The Balaban J connectivity index is 0.000000599. The number of hydrazone groups is 1. The number of amides is 1. The fraction of sp³-hybridized carbons (Fsp3) is 0.385. The number of alkyl halides is 3. The monoisotopic (exact) mass is 534 g/mol. The van der Waals surface area contributed by atoms with Crippen LogP contribution in [0.5, 0.6) is 0 Å². The minimum absolute atomic E-state index is 0.0403. The second-order valence-corrected chi connectivity index (χ2v) is 8.77. The van der Waals surface area contributed by atoms with Crippen molar-refractivity contribution in [3.05, 3.63) is 65.7 Å². The number of halogens is 3. The summed E-state index contributed by atoms with van der Waals surface area (Å²) in [6.07, 6.45) is -2.28. The largest absolute Gasteiger partial charge is 0.473 e. The van der Waals surface area contributed by atoms with E-state index in [4.69, 9.17) is 19.8 Å². The molecule has 0 radical (unpaired) electrons. The van der Waals surface area contributed by atoms with Crippen molar-refractivity contribution in [2.24, 2.45) is 5.10 Å². The third-order valence-electron chi connectivity index (χ3n) is 6.16. The van der Waals surface area contributed by atoms with E-state index < -0.39 is 23.7 Å². The number of carboxylic acids is 2. The van der Waals surface area contributed by atoms with Gasteiger partial charge in [0, 0.05) is 44.8 Å². The van der Waals surface area contributed by atoms with E-state index in [1.54, 1.807) is 11.1 Å². The van der Waals surface area contributed by atoms with Gasteiger partial charge in [0.2, 0.25) is 5.91 Å². The van der Waals surface area contributed by atoms with E-state index in [2.05, 4.69) is 10.0 Å². The van der Waals surface area contributed by atoms with Crippen molar-refractivity contribution in [1.29, 1.82) is 0 Å². The Hall–Kier alpha value is -3.93. The van der Waals surface area contributed by atoms with Gasteiger partial charge < -0.3 is 15.1 Å². The number of carbonyl (C=O) groups excluding carboxylic acids is 1. The highest BCUT2D eigenvalue weighted by atomic mass is 19.4. The van der Waals surface area contributed by atoms with Crippen molar-refractivity contribution in [1.82, 2.24) is 9.91 Å². The number of carboxylic acid groups (broad SMARTS) is 2. The van der Waals surface area contributed by atoms with E-state index in [0.29, 0.717) is 38.3 Å². The smallest absolute Gasteiger partial charge is 0.416 e. The van der Waals surface area contributed by atoms with Crippen molar-refractivity contribution in [2.75, 3.05) is 44.2 Å². The van der Waals surface area contributed by atoms with Crippen LogP contribution >= 0.6 is 0 Å². The molecule has 0 bridgehead atoms. The zero-order valence-corrected chi connectivity index (χ0v) is 20.6. The molecule has 1 saturated heterocycles. The fourth-order valence-electron chi connectivity index (χ4n) is 4.14. The number of hydrogen-bond acceptors (Lipinski definition) is 6. The molecule has 2 heterocycles. The molecule has 2 aliphatic heterocycles. The van der Waals surface area contributed by atoms with Crippen molar-refractivity contribution in [3.63, 3.8) is 0 Å². The molecule has 1 fully saturated rings. The van der Waals surface area contributed by atoms with Gasteiger partial charge in [0.15, 0.2) is 0 Å². The number of carbonyl (C=O) groups is 3. The van der Waals surface area contributed by atoms with E-state index in [0.717, 1.165) is 43.3 Å². The lowest BCUT2D eigenvalue weighted by Gasteiger charge is -2.36. The van der Waals surface area contributed by atoms with Gasteiger partial charge >= 0.3 is 18.1 Å². The summed E-state index contributed by atoms with van der Waals surface area (Å²) in [5.41, 5.74) is 1.95. The van der Waals surface area contributed by atoms with E-state index in [1.807, 2.05) is 35.2 Å². The zero-order chi connectivity index (χ0) is 27.7. The van der Waals surface area contributed by atoms with Crippen LogP contribution in [-0.2, 0) is 20.6 Å². The highest BCUT2D eigenvalue weighted by Gasteiger charge is 2.31. The Bertz CT molecular complexity index is 1140.